The van der Waals surface area contributed by atoms with Gasteiger partial charge in [-0.25, -0.2) is 8.42 Å². The van der Waals surface area contributed by atoms with Gasteiger partial charge >= 0.3 is 0 Å². The van der Waals surface area contributed by atoms with Crippen LogP contribution in [-0.2, 0) is 21.2 Å². The fourth-order valence-electron chi connectivity index (χ4n) is 2.74. The summed E-state index contributed by atoms with van der Waals surface area (Å²) in [6, 6.07) is 16.9. The molecule has 0 aliphatic carbocycles. The lowest BCUT2D eigenvalue weighted by molar-refractivity contribution is -0.117. The van der Waals surface area contributed by atoms with E-state index >= 15 is 0 Å². The van der Waals surface area contributed by atoms with Gasteiger partial charge in [0.15, 0.2) is 0 Å². The van der Waals surface area contributed by atoms with Crippen molar-refractivity contribution in [1.82, 2.24) is 4.72 Å². The first-order chi connectivity index (χ1) is 14.7. The van der Waals surface area contributed by atoms with Crippen molar-refractivity contribution >= 4 is 72.4 Å². The molecule has 2 N–H and O–H groups in total. The molecule has 0 saturated carbocycles. The molecule has 0 fully saturated rings. The van der Waals surface area contributed by atoms with Crippen LogP contribution in [0.4, 0.5) is 5.69 Å². The van der Waals surface area contributed by atoms with Crippen LogP contribution in [0.25, 0.3) is 0 Å². The fraction of sp³-hybridized carbons (Fsp3) is 0.0952. The van der Waals surface area contributed by atoms with Gasteiger partial charge in [-0.05, 0) is 48.4 Å². The molecule has 0 bridgehead atoms. The maximum absolute atomic E-state index is 13.0. The van der Waals surface area contributed by atoms with Gasteiger partial charge in [-0.1, -0.05) is 81.1 Å². The molecule has 3 aromatic carbocycles. The summed E-state index contributed by atoms with van der Waals surface area (Å²) in [5.41, 5.74) is 1.00. The van der Waals surface area contributed by atoms with Crippen LogP contribution in [-0.4, -0.2) is 20.4 Å². The van der Waals surface area contributed by atoms with Gasteiger partial charge in [0.1, 0.15) is 6.04 Å². The van der Waals surface area contributed by atoms with Crippen molar-refractivity contribution in [3.63, 3.8) is 0 Å². The second-order valence-corrected chi connectivity index (χ2v) is 10.4. The molecule has 0 aliphatic heterocycles. The maximum Gasteiger partial charge on any atom is 0.242 e. The quantitative estimate of drug-likeness (QED) is 0.350. The van der Waals surface area contributed by atoms with E-state index in [1.165, 1.54) is 24.3 Å². The van der Waals surface area contributed by atoms with Crippen molar-refractivity contribution in [2.45, 2.75) is 17.4 Å². The number of hydrogen-bond acceptors (Lipinski definition) is 3. The predicted octanol–water partition coefficient (Wildman–Crippen LogP) is 5.94. The van der Waals surface area contributed by atoms with E-state index in [1.807, 2.05) is 18.2 Å². The van der Waals surface area contributed by atoms with Crippen molar-refractivity contribution in [3.8, 4) is 0 Å². The first kappa shape index (κ1) is 24.0. The molecule has 1 atom stereocenters. The van der Waals surface area contributed by atoms with E-state index in [2.05, 4.69) is 26.0 Å². The van der Waals surface area contributed by atoms with Gasteiger partial charge in [-0.3, -0.25) is 4.79 Å². The Kier molecular flexibility index (Phi) is 8.02. The molecule has 0 unspecified atom stereocenters. The Balaban J connectivity index is 1.89. The molecule has 0 aromatic heterocycles. The predicted molar refractivity (Wildman–Crippen MR) is 128 cm³/mol. The summed E-state index contributed by atoms with van der Waals surface area (Å²) in [6.07, 6.45) is 0.126. The first-order valence-electron chi connectivity index (χ1n) is 8.93. The number of hydrogen-bond donors (Lipinski definition) is 2. The van der Waals surface area contributed by atoms with Gasteiger partial charge in [0, 0.05) is 4.47 Å². The lowest BCUT2D eigenvalue weighted by atomic mass is 10.1. The SMILES string of the molecule is O=C(Nc1cc(Cl)c(Cl)cc1Cl)[C@H](Cc1ccccc1)NS(=O)(=O)c1ccc(Br)cc1. The smallest absolute Gasteiger partial charge is 0.242 e. The van der Waals surface area contributed by atoms with Crippen LogP contribution in [0.3, 0.4) is 0 Å². The van der Waals surface area contributed by atoms with Crippen LogP contribution in [0.2, 0.25) is 15.1 Å². The number of sulfonamides is 1. The van der Waals surface area contributed by atoms with Crippen molar-refractivity contribution in [2.75, 3.05) is 5.32 Å². The van der Waals surface area contributed by atoms with Crippen molar-refractivity contribution < 1.29 is 13.2 Å². The zero-order chi connectivity index (χ0) is 22.6. The standard InChI is InChI=1S/C21H16BrCl3N2O3S/c22-14-6-8-15(9-7-14)31(29,30)27-20(10-13-4-2-1-3-5-13)21(28)26-19-12-17(24)16(23)11-18(19)25/h1-9,11-12,20,27H,10H2,(H,26,28)/t20-/m0/s1. The highest BCUT2D eigenvalue weighted by molar-refractivity contribution is 9.10. The van der Waals surface area contributed by atoms with E-state index < -0.39 is 22.0 Å². The Morgan fingerprint density at radius 1 is 0.903 bits per heavy atom. The van der Waals surface area contributed by atoms with E-state index in [1.54, 1.807) is 24.3 Å². The molecular formula is C21H16BrCl3N2O3S. The molecule has 0 heterocycles. The summed E-state index contributed by atoms with van der Waals surface area (Å²) in [6.45, 7) is 0. The summed E-state index contributed by atoms with van der Waals surface area (Å²) >= 11 is 21.4. The second kappa shape index (κ2) is 10.3. The zero-order valence-electron chi connectivity index (χ0n) is 15.8. The molecule has 0 saturated heterocycles. The topological polar surface area (TPSA) is 75.3 Å². The van der Waals surface area contributed by atoms with Crippen LogP contribution in [0.5, 0.6) is 0 Å². The minimum Gasteiger partial charge on any atom is -0.323 e. The summed E-state index contributed by atoms with van der Waals surface area (Å²) in [7, 11) is -3.97. The number of halogens is 4. The van der Waals surface area contributed by atoms with E-state index in [9.17, 15) is 13.2 Å². The third kappa shape index (κ3) is 6.44. The first-order valence-corrected chi connectivity index (χ1v) is 12.3. The van der Waals surface area contributed by atoms with Crippen LogP contribution < -0.4 is 10.0 Å². The lowest BCUT2D eigenvalue weighted by Crippen LogP contribution is -2.45. The fourth-order valence-corrected chi connectivity index (χ4v) is 4.80. The Hall–Kier alpha value is -1.61. The van der Waals surface area contributed by atoms with Crippen molar-refractivity contribution in [3.05, 3.63) is 91.8 Å². The summed E-state index contributed by atoms with van der Waals surface area (Å²) < 4.78 is 29.0. The second-order valence-electron chi connectivity index (χ2n) is 6.55. The number of carbonyl (C=O) groups excluding carboxylic acids is 1. The van der Waals surface area contributed by atoms with Gasteiger partial charge in [0.25, 0.3) is 0 Å². The number of nitrogens with one attached hydrogen (secondary N) is 2. The number of rotatable bonds is 7. The number of anilines is 1. The number of benzene rings is 3. The van der Waals surface area contributed by atoms with Gasteiger partial charge < -0.3 is 5.32 Å². The Labute approximate surface area is 203 Å². The van der Waals surface area contributed by atoms with Crippen molar-refractivity contribution in [1.29, 1.82) is 0 Å². The molecule has 5 nitrogen and oxygen atoms in total. The zero-order valence-corrected chi connectivity index (χ0v) is 20.5. The monoisotopic (exact) mass is 560 g/mol. The van der Waals surface area contributed by atoms with Crippen LogP contribution in [0, 0.1) is 0 Å². The highest BCUT2D eigenvalue weighted by Gasteiger charge is 2.27. The molecule has 0 aliphatic rings. The van der Waals surface area contributed by atoms with Gasteiger partial charge in [0.05, 0.1) is 25.7 Å². The van der Waals surface area contributed by atoms with Crippen LogP contribution in [0.1, 0.15) is 5.56 Å². The van der Waals surface area contributed by atoms with E-state index in [0.29, 0.717) is 0 Å². The van der Waals surface area contributed by atoms with Gasteiger partial charge in [0.2, 0.25) is 15.9 Å². The van der Waals surface area contributed by atoms with E-state index in [-0.39, 0.29) is 32.1 Å². The van der Waals surface area contributed by atoms with Crippen LogP contribution >= 0.6 is 50.7 Å². The third-order valence-corrected chi connectivity index (χ3v) is 7.34. The molecular weight excluding hydrogens is 547 g/mol. The Bertz CT molecular complexity index is 1190. The van der Waals surface area contributed by atoms with Gasteiger partial charge in [-0.15, -0.1) is 0 Å². The maximum atomic E-state index is 13.0. The minimum absolute atomic E-state index is 0.0362. The molecule has 31 heavy (non-hydrogen) atoms. The van der Waals surface area contributed by atoms with E-state index in [4.69, 9.17) is 34.8 Å². The Morgan fingerprint density at radius 3 is 2.16 bits per heavy atom. The number of carbonyl (C=O) groups is 1. The molecule has 3 aromatic rings. The average molecular weight is 563 g/mol. The molecule has 1 amide bonds. The summed E-state index contributed by atoms with van der Waals surface area (Å²) in [4.78, 5) is 13.1. The highest BCUT2D eigenvalue weighted by atomic mass is 79.9. The molecule has 10 heteroatoms. The largest absolute Gasteiger partial charge is 0.323 e. The third-order valence-electron chi connectivity index (χ3n) is 4.29. The molecule has 0 radical (unpaired) electrons. The lowest BCUT2D eigenvalue weighted by Gasteiger charge is -2.19. The summed E-state index contributed by atoms with van der Waals surface area (Å²) in [5, 5.41) is 3.25. The normalized spacial score (nSPS) is 12.4. The summed E-state index contributed by atoms with van der Waals surface area (Å²) in [5.74, 6) is -0.593. The van der Waals surface area contributed by atoms with Crippen molar-refractivity contribution in [2.24, 2.45) is 0 Å². The van der Waals surface area contributed by atoms with Crippen LogP contribution in [0.15, 0.2) is 76.1 Å². The highest BCUT2D eigenvalue weighted by Crippen LogP contribution is 2.32. The number of amides is 1. The molecule has 3 rings (SSSR count). The minimum atomic E-state index is -3.97. The molecule has 0 spiro atoms. The van der Waals surface area contributed by atoms with E-state index in [0.717, 1.165) is 10.0 Å². The molecule has 162 valence electrons. The van der Waals surface area contributed by atoms with Gasteiger partial charge in [-0.2, -0.15) is 4.72 Å². The average Bonchev–Trinajstić information content (AvgIpc) is 2.72. The Morgan fingerprint density at radius 2 is 1.52 bits per heavy atom.